The number of urea groups is 1. The van der Waals surface area contributed by atoms with E-state index >= 15 is 0 Å². The van der Waals surface area contributed by atoms with E-state index in [1.807, 2.05) is 18.2 Å². The van der Waals surface area contributed by atoms with Crippen LogP contribution in [0.3, 0.4) is 0 Å². The summed E-state index contributed by atoms with van der Waals surface area (Å²) < 4.78 is 0. The first-order chi connectivity index (χ1) is 12.0. The van der Waals surface area contributed by atoms with Crippen LogP contribution in [0.4, 0.5) is 10.5 Å². The van der Waals surface area contributed by atoms with Gasteiger partial charge >= 0.3 is 6.03 Å². The lowest BCUT2D eigenvalue weighted by molar-refractivity contribution is 0.149. The summed E-state index contributed by atoms with van der Waals surface area (Å²) in [6, 6.07) is 18.2. The minimum atomic E-state index is -0.492. The highest BCUT2D eigenvalue weighted by atomic mass is 16.2. The standard InChI is InChI=1S/C20H26N4O/c1-16-7-9-18(10-8-16)22-20(23-19(21)25)11-13-24(14-12-20)15-17-5-3-2-4-6-17/h2-10,22H,11-15H2,1H3,(H3,21,23,25). The van der Waals surface area contributed by atoms with Crippen molar-refractivity contribution in [1.82, 2.24) is 10.2 Å². The van der Waals surface area contributed by atoms with E-state index < -0.39 is 11.7 Å². The van der Waals surface area contributed by atoms with E-state index in [0.717, 1.165) is 38.2 Å². The lowest BCUT2D eigenvalue weighted by Crippen LogP contribution is -2.61. The van der Waals surface area contributed by atoms with Gasteiger partial charge in [0.05, 0.1) is 0 Å². The average Bonchev–Trinajstić information content (AvgIpc) is 2.60. The lowest BCUT2D eigenvalue weighted by atomic mass is 9.95. The van der Waals surface area contributed by atoms with Crippen molar-refractivity contribution in [3.8, 4) is 0 Å². The van der Waals surface area contributed by atoms with Crippen molar-refractivity contribution >= 4 is 11.7 Å². The highest BCUT2D eigenvalue weighted by molar-refractivity contribution is 5.73. The fraction of sp³-hybridized carbons (Fsp3) is 0.350. The maximum Gasteiger partial charge on any atom is 0.313 e. The van der Waals surface area contributed by atoms with E-state index in [2.05, 4.69) is 58.9 Å². The third-order valence-corrected chi connectivity index (χ3v) is 4.76. The zero-order valence-electron chi connectivity index (χ0n) is 14.7. The molecule has 1 fully saturated rings. The summed E-state index contributed by atoms with van der Waals surface area (Å²) in [6.45, 7) is 4.78. The Kier molecular flexibility index (Phi) is 5.24. The molecular weight excluding hydrogens is 312 g/mol. The molecule has 3 rings (SSSR count). The molecule has 1 heterocycles. The average molecular weight is 338 g/mol. The van der Waals surface area contributed by atoms with Crippen LogP contribution in [-0.2, 0) is 6.54 Å². The zero-order valence-corrected chi connectivity index (χ0v) is 14.7. The number of piperidine rings is 1. The Morgan fingerprint density at radius 1 is 1.08 bits per heavy atom. The van der Waals surface area contributed by atoms with Gasteiger partial charge < -0.3 is 16.4 Å². The quantitative estimate of drug-likeness (QED) is 0.734. The monoisotopic (exact) mass is 338 g/mol. The molecule has 0 aromatic heterocycles. The van der Waals surface area contributed by atoms with Crippen molar-refractivity contribution in [2.45, 2.75) is 32.0 Å². The maximum absolute atomic E-state index is 11.5. The van der Waals surface area contributed by atoms with Crippen LogP contribution in [0.25, 0.3) is 0 Å². The summed E-state index contributed by atoms with van der Waals surface area (Å²) in [5.74, 6) is 0. The van der Waals surface area contributed by atoms with Gasteiger partial charge in [-0.05, 0) is 24.6 Å². The van der Waals surface area contributed by atoms with E-state index in [-0.39, 0.29) is 0 Å². The summed E-state index contributed by atoms with van der Waals surface area (Å²) >= 11 is 0. The third-order valence-electron chi connectivity index (χ3n) is 4.76. The van der Waals surface area contributed by atoms with E-state index in [0.29, 0.717) is 0 Å². The van der Waals surface area contributed by atoms with E-state index in [1.165, 1.54) is 11.1 Å². The van der Waals surface area contributed by atoms with Crippen molar-refractivity contribution in [1.29, 1.82) is 0 Å². The number of nitrogens with one attached hydrogen (secondary N) is 2. The number of aryl methyl sites for hydroxylation is 1. The first-order valence-corrected chi connectivity index (χ1v) is 8.73. The van der Waals surface area contributed by atoms with Crippen molar-refractivity contribution in [3.05, 3.63) is 65.7 Å². The molecule has 132 valence electrons. The molecule has 0 saturated carbocycles. The summed E-state index contributed by atoms with van der Waals surface area (Å²) in [6.07, 6.45) is 1.60. The van der Waals surface area contributed by atoms with Crippen LogP contribution in [0.1, 0.15) is 24.0 Å². The number of anilines is 1. The molecule has 2 amide bonds. The molecule has 0 radical (unpaired) electrons. The van der Waals surface area contributed by atoms with Gasteiger partial charge in [-0.1, -0.05) is 48.0 Å². The number of nitrogens with two attached hydrogens (primary N) is 1. The second kappa shape index (κ2) is 7.57. The van der Waals surface area contributed by atoms with Crippen molar-refractivity contribution in [2.24, 2.45) is 5.73 Å². The van der Waals surface area contributed by atoms with E-state index in [1.54, 1.807) is 0 Å². The SMILES string of the molecule is Cc1ccc(NC2(NC(N)=O)CCN(Cc3ccccc3)CC2)cc1. The largest absolute Gasteiger partial charge is 0.363 e. The number of likely N-dealkylation sites (tertiary alicyclic amines) is 1. The minimum Gasteiger partial charge on any atom is -0.363 e. The molecule has 0 spiro atoms. The Morgan fingerprint density at radius 2 is 1.72 bits per heavy atom. The Morgan fingerprint density at radius 3 is 2.32 bits per heavy atom. The number of nitrogens with zero attached hydrogens (tertiary/aromatic N) is 1. The molecule has 5 heteroatoms. The molecule has 2 aromatic rings. The summed E-state index contributed by atoms with van der Waals surface area (Å²) in [5, 5.41) is 6.44. The Labute approximate surface area is 149 Å². The molecule has 0 bridgehead atoms. The first kappa shape index (κ1) is 17.3. The van der Waals surface area contributed by atoms with Crippen LogP contribution in [0.15, 0.2) is 54.6 Å². The first-order valence-electron chi connectivity index (χ1n) is 8.73. The Hall–Kier alpha value is -2.53. The van der Waals surface area contributed by atoms with Crippen molar-refractivity contribution in [3.63, 3.8) is 0 Å². The molecule has 1 aliphatic rings. The van der Waals surface area contributed by atoms with Crippen LogP contribution in [0, 0.1) is 6.92 Å². The van der Waals surface area contributed by atoms with Gasteiger partial charge in [-0.15, -0.1) is 0 Å². The predicted octanol–water partition coefficient (Wildman–Crippen LogP) is 3.07. The molecule has 1 saturated heterocycles. The fourth-order valence-corrected chi connectivity index (χ4v) is 3.36. The fourth-order valence-electron chi connectivity index (χ4n) is 3.36. The second-order valence-electron chi connectivity index (χ2n) is 6.82. The number of hydrogen-bond donors (Lipinski definition) is 3. The number of carbonyl (C=O) groups is 1. The molecule has 0 atom stereocenters. The number of hydrogen-bond acceptors (Lipinski definition) is 3. The maximum atomic E-state index is 11.5. The Bertz CT molecular complexity index is 691. The highest BCUT2D eigenvalue weighted by Crippen LogP contribution is 2.26. The summed E-state index contributed by atoms with van der Waals surface area (Å²) in [5.41, 5.74) is 8.46. The van der Waals surface area contributed by atoms with Gasteiger partial charge in [0.1, 0.15) is 5.66 Å². The van der Waals surface area contributed by atoms with Gasteiger partial charge in [0.25, 0.3) is 0 Å². The molecule has 2 aromatic carbocycles. The smallest absolute Gasteiger partial charge is 0.313 e. The second-order valence-corrected chi connectivity index (χ2v) is 6.82. The molecule has 1 aliphatic heterocycles. The highest BCUT2D eigenvalue weighted by Gasteiger charge is 2.35. The van der Waals surface area contributed by atoms with Crippen LogP contribution in [-0.4, -0.2) is 29.7 Å². The molecule has 5 nitrogen and oxygen atoms in total. The summed E-state index contributed by atoms with van der Waals surface area (Å²) in [4.78, 5) is 14.0. The van der Waals surface area contributed by atoms with Gasteiger partial charge in [0.15, 0.2) is 0 Å². The van der Waals surface area contributed by atoms with Crippen LogP contribution in [0.2, 0.25) is 0 Å². The van der Waals surface area contributed by atoms with E-state index in [9.17, 15) is 4.79 Å². The van der Waals surface area contributed by atoms with E-state index in [4.69, 9.17) is 5.73 Å². The molecule has 0 unspecified atom stereocenters. The Balaban J connectivity index is 1.66. The number of amides is 2. The van der Waals surface area contributed by atoms with Crippen LogP contribution < -0.4 is 16.4 Å². The van der Waals surface area contributed by atoms with Gasteiger partial charge in [0, 0.05) is 38.2 Å². The van der Waals surface area contributed by atoms with Crippen molar-refractivity contribution in [2.75, 3.05) is 18.4 Å². The van der Waals surface area contributed by atoms with Gasteiger partial charge in [-0.2, -0.15) is 0 Å². The van der Waals surface area contributed by atoms with Gasteiger partial charge in [-0.3, -0.25) is 4.90 Å². The molecule has 4 N–H and O–H groups in total. The topological polar surface area (TPSA) is 70.4 Å². The molecule has 25 heavy (non-hydrogen) atoms. The zero-order chi connectivity index (χ0) is 17.7. The molecule has 0 aliphatic carbocycles. The predicted molar refractivity (Wildman–Crippen MR) is 101 cm³/mol. The van der Waals surface area contributed by atoms with Gasteiger partial charge in [-0.25, -0.2) is 4.79 Å². The number of rotatable bonds is 5. The molecular formula is C20H26N4O. The lowest BCUT2D eigenvalue weighted by Gasteiger charge is -2.43. The number of benzene rings is 2. The summed E-state index contributed by atoms with van der Waals surface area (Å²) in [7, 11) is 0. The number of carbonyl (C=O) groups excluding carboxylic acids is 1. The van der Waals surface area contributed by atoms with Crippen LogP contribution in [0.5, 0.6) is 0 Å². The number of primary amides is 1. The van der Waals surface area contributed by atoms with Gasteiger partial charge in [0.2, 0.25) is 0 Å². The normalized spacial score (nSPS) is 17.0. The minimum absolute atomic E-state index is 0.490. The van der Waals surface area contributed by atoms with Crippen LogP contribution >= 0.6 is 0 Å². The van der Waals surface area contributed by atoms with Crippen molar-refractivity contribution < 1.29 is 4.79 Å². The third kappa shape index (κ3) is 4.73.